The Kier molecular flexibility index (Phi) is 5.93. The lowest BCUT2D eigenvalue weighted by Crippen LogP contribution is -2.46. The lowest BCUT2D eigenvalue weighted by atomic mass is 10.1. The average Bonchev–Trinajstić information content (AvgIpc) is 3.21. The third-order valence-electron chi connectivity index (χ3n) is 6.25. The molecule has 0 unspecified atom stereocenters. The molecule has 1 saturated heterocycles. The fourth-order valence-corrected chi connectivity index (χ4v) is 4.47. The Balaban J connectivity index is 1.43. The first-order valence-corrected chi connectivity index (χ1v) is 11.3. The summed E-state index contributed by atoms with van der Waals surface area (Å²) in [5.41, 5.74) is 11.0. The standard InChI is InChI=1S/C25H29N7O2/c1-17-22(19-9-10-20(33-2)21(15-19)34-3)23-27-25(28-24(26)32(23)29-17)31-13-11-30(12-14-31)16-18-7-5-4-6-8-18/h4-10,15H,11-14,16H2,1-3H3,(H2,26,27,28). The largest absolute Gasteiger partial charge is 0.493 e. The Hall–Kier alpha value is -3.85. The lowest BCUT2D eigenvalue weighted by molar-refractivity contribution is 0.248. The van der Waals surface area contributed by atoms with Gasteiger partial charge in [0.05, 0.1) is 19.9 Å². The minimum Gasteiger partial charge on any atom is -0.493 e. The maximum Gasteiger partial charge on any atom is 0.230 e. The van der Waals surface area contributed by atoms with E-state index in [1.165, 1.54) is 5.56 Å². The minimum absolute atomic E-state index is 0.321. The van der Waals surface area contributed by atoms with E-state index in [9.17, 15) is 0 Å². The van der Waals surface area contributed by atoms with Crippen molar-refractivity contribution in [1.82, 2.24) is 24.5 Å². The third kappa shape index (κ3) is 4.10. The van der Waals surface area contributed by atoms with Gasteiger partial charge in [0.1, 0.15) is 0 Å². The zero-order chi connectivity index (χ0) is 23.7. The number of benzene rings is 2. The van der Waals surface area contributed by atoms with Gasteiger partial charge in [-0.25, -0.2) is 0 Å². The summed E-state index contributed by atoms with van der Waals surface area (Å²) in [4.78, 5) is 14.1. The SMILES string of the molecule is COc1ccc(-c2c(C)nn3c(N)nc(N4CCN(Cc5ccccc5)CC4)nc23)cc1OC. The Morgan fingerprint density at radius 3 is 2.35 bits per heavy atom. The smallest absolute Gasteiger partial charge is 0.230 e. The summed E-state index contributed by atoms with van der Waals surface area (Å²) in [5.74, 6) is 2.27. The Labute approximate surface area is 198 Å². The number of aryl methyl sites for hydroxylation is 1. The van der Waals surface area contributed by atoms with Gasteiger partial charge in [0.15, 0.2) is 17.1 Å². The molecule has 9 nitrogen and oxygen atoms in total. The molecule has 0 aliphatic carbocycles. The van der Waals surface area contributed by atoms with Gasteiger partial charge in [-0.15, -0.1) is 0 Å². The van der Waals surface area contributed by atoms with Crippen molar-refractivity contribution in [3.05, 3.63) is 59.8 Å². The highest BCUT2D eigenvalue weighted by Crippen LogP contribution is 2.35. The summed E-state index contributed by atoms with van der Waals surface area (Å²) in [5, 5.41) is 4.60. The van der Waals surface area contributed by atoms with Crippen LogP contribution in [-0.4, -0.2) is 64.9 Å². The second-order valence-electron chi connectivity index (χ2n) is 8.40. The predicted octanol–water partition coefficient (Wildman–Crippen LogP) is 3.02. The molecule has 0 radical (unpaired) electrons. The van der Waals surface area contributed by atoms with Crippen LogP contribution < -0.4 is 20.1 Å². The first-order valence-electron chi connectivity index (χ1n) is 11.3. The number of anilines is 2. The highest BCUT2D eigenvalue weighted by Gasteiger charge is 2.23. The van der Waals surface area contributed by atoms with Gasteiger partial charge in [0.2, 0.25) is 11.9 Å². The van der Waals surface area contributed by atoms with Crippen LogP contribution in [0.4, 0.5) is 11.9 Å². The van der Waals surface area contributed by atoms with Crippen molar-refractivity contribution in [2.24, 2.45) is 0 Å². The molecule has 0 amide bonds. The molecule has 9 heteroatoms. The van der Waals surface area contributed by atoms with Crippen LogP contribution in [-0.2, 0) is 6.54 Å². The monoisotopic (exact) mass is 459 g/mol. The number of methoxy groups -OCH3 is 2. The molecule has 1 aliphatic heterocycles. The van der Waals surface area contributed by atoms with Crippen LogP contribution in [0.25, 0.3) is 16.8 Å². The van der Waals surface area contributed by atoms with Gasteiger partial charge < -0.3 is 20.1 Å². The van der Waals surface area contributed by atoms with Gasteiger partial charge >= 0.3 is 0 Å². The van der Waals surface area contributed by atoms with Gasteiger partial charge in [-0.3, -0.25) is 4.90 Å². The summed E-state index contributed by atoms with van der Waals surface area (Å²) in [7, 11) is 3.25. The number of aromatic nitrogens is 4. The number of hydrogen-bond acceptors (Lipinski definition) is 8. The molecule has 3 heterocycles. The Morgan fingerprint density at radius 1 is 0.912 bits per heavy atom. The molecule has 176 valence electrons. The number of hydrogen-bond donors (Lipinski definition) is 1. The average molecular weight is 460 g/mol. The van der Waals surface area contributed by atoms with E-state index in [0.717, 1.165) is 49.5 Å². The highest BCUT2D eigenvalue weighted by atomic mass is 16.5. The molecule has 0 spiro atoms. The van der Waals surface area contributed by atoms with Gasteiger partial charge in [-0.1, -0.05) is 36.4 Å². The van der Waals surface area contributed by atoms with Crippen molar-refractivity contribution in [1.29, 1.82) is 0 Å². The molecule has 5 rings (SSSR count). The van der Waals surface area contributed by atoms with Crippen LogP contribution in [0.3, 0.4) is 0 Å². The number of fused-ring (bicyclic) bond motifs is 1. The van der Waals surface area contributed by atoms with Crippen molar-refractivity contribution in [3.8, 4) is 22.6 Å². The number of nitrogens with zero attached hydrogens (tertiary/aromatic N) is 6. The zero-order valence-electron chi connectivity index (χ0n) is 19.7. The molecule has 2 aromatic heterocycles. The van der Waals surface area contributed by atoms with E-state index in [-0.39, 0.29) is 0 Å². The van der Waals surface area contributed by atoms with Crippen LogP contribution in [0.1, 0.15) is 11.3 Å². The molecule has 4 aromatic rings. The van der Waals surface area contributed by atoms with E-state index >= 15 is 0 Å². The fourth-order valence-electron chi connectivity index (χ4n) is 4.47. The molecule has 0 atom stereocenters. The lowest BCUT2D eigenvalue weighted by Gasteiger charge is -2.34. The second-order valence-corrected chi connectivity index (χ2v) is 8.40. The van der Waals surface area contributed by atoms with Crippen LogP contribution >= 0.6 is 0 Å². The van der Waals surface area contributed by atoms with Crippen LogP contribution in [0, 0.1) is 6.92 Å². The number of ether oxygens (including phenoxy) is 2. The minimum atomic E-state index is 0.321. The third-order valence-corrected chi connectivity index (χ3v) is 6.25. The number of piperazine rings is 1. The van der Waals surface area contributed by atoms with E-state index in [4.69, 9.17) is 20.2 Å². The fraction of sp³-hybridized carbons (Fsp3) is 0.320. The highest BCUT2D eigenvalue weighted by molar-refractivity contribution is 5.82. The van der Waals surface area contributed by atoms with Gasteiger partial charge in [-0.2, -0.15) is 19.6 Å². The molecule has 1 fully saturated rings. The van der Waals surface area contributed by atoms with Crippen LogP contribution in [0.5, 0.6) is 11.5 Å². The Bertz CT molecular complexity index is 1300. The second kappa shape index (κ2) is 9.18. The Morgan fingerprint density at radius 2 is 1.65 bits per heavy atom. The molecule has 2 aromatic carbocycles. The molecule has 1 aliphatic rings. The predicted molar refractivity (Wildman–Crippen MR) is 132 cm³/mol. The van der Waals surface area contributed by atoms with Crippen molar-refractivity contribution in [3.63, 3.8) is 0 Å². The first-order chi connectivity index (χ1) is 16.6. The van der Waals surface area contributed by atoms with Crippen molar-refractivity contribution in [2.45, 2.75) is 13.5 Å². The van der Waals surface area contributed by atoms with Gasteiger partial charge in [0.25, 0.3) is 0 Å². The van der Waals surface area contributed by atoms with E-state index in [1.54, 1.807) is 18.7 Å². The molecular formula is C25H29N7O2. The maximum atomic E-state index is 6.32. The van der Waals surface area contributed by atoms with E-state index < -0.39 is 0 Å². The van der Waals surface area contributed by atoms with E-state index in [1.807, 2.05) is 31.2 Å². The van der Waals surface area contributed by atoms with Gasteiger partial charge in [0, 0.05) is 38.3 Å². The number of nitrogens with two attached hydrogens (primary N) is 1. The van der Waals surface area contributed by atoms with E-state index in [0.29, 0.717) is 29.0 Å². The van der Waals surface area contributed by atoms with Crippen molar-refractivity contribution < 1.29 is 9.47 Å². The number of rotatable bonds is 6. The first kappa shape index (κ1) is 22.0. The van der Waals surface area contributed by atoms with Crippen LogP contribution in [0.2, 0.25) is 0 Å². The number of nitrogen functional groups attached to an aromatic ring is 1. The van der Waals surface area contributed by atoms with Crippen LogP contribution in [0.15, 0.2) is 48.5 Å². The van der Waals surface area contributed by atoms with E-state index in [2.05, 4.69) is 44.1 Å². The topological polar surface area (TPSA) is 94.0 Å². The molecule has 34 heavy (non-hydrogen) atoms. The summed E-state index contributed by atoms with van der Waals surface area (Å²) in [6.07, 6.45) is 0. The summed E-state index contributed by atoms with van der Waals surface area (Å²) >= 11 is 0. The zero-order valence-corrected chi connectivity index (χ0v) is 19.7. The normalized spacial score (nSPS) is 14.5. The van der Waals surface area contributed by atoms with Crippen molar-refractivity contribution >= 4 is 17.5 Å². The summed E-state index contributed by atoms with van der Waals surface area (Å²) < 4.78 is 12.5. The molecular weight excluding hydrogens is 430 g/mol. The quantitative estimate of drug-likeness (QED) is 0.470. The van der Waals surface area contributed by atoms with Crippen molar-refractivity contribution in [2.75, 3.05) is 51.0 Å². The maximum absolute atomic E-state index is 6.32. The molecule has 0 bridgehead atoms. The molecule has 2 N–H and O–H groups in total. The van der Waals surface area contributed by atoms with Gasteiger partial charge in [-0.05, 0) is 30.2 Å². The summed E-state index contributed by atoms with van der Waals surface area (Å²) in [6, 6.07) is 16.3. The summed E-state index contributed by atoms with van der Waals surface area (Å²) in [6.45, 7) is 6.43. The molecule has 0 saturated carbocycles.